The first kappa shape index (κ1) is 15.9. The number of piperidine rings is 1. The third-order valence-electron chi connectivity index (χ3n) is 3.23. The largest absolute Gasteiger partial charge is 0.379 e. The zero-order valence-corrected chi connectivity index (χ0v) is 12.0. The van der Waals surface area contributed by atoms with Crippen LogP contribution < -0.4 is 0 Å². The predicted octanol–water partition coefficient (Wildman–Crippen LogP) is 1.93. The molecule has 0 amide bonds. The lowest BCUT2D eigenvalue weighted by Gasteiger charge is -2.31. The molecule has 1 aliphatic heterocycles. The summed E-state index contributed by atoms with van der Waals surface area (Å²) in [5.74, 6) is 0. The first-order chi connectivity index (χ1) is 8.86. The summed E-state index contributed by atoms with van der Waals surface area (Å²) in [6.45, 7) is 11.3. The third-order valence-corrected chi connectivity index (χ3v) is 3.23. The van der Waals surface area contributed by atoms with Crippen LogP contribution in [0.1, 0.15) is 33.1 Å². The molecule has 0 aromatic rings. The van der Waals surface area contributed by atoms with Gasteiger partial charge in [-0.3, -0.25) is 0 Å². The van der Waals surface area contributed by atoms with Gasteiger partial charge in [0.1, 0.15) is 0 Å². The number of rotatable bonds is 10. The van der Waals surface area contributed by atoms with Gasteiger partial charge in [0.05, 0.1) is 32.5 Å². The average Bonchev–Trinajstić information content (AvgIpc) is 2.40. The minimum atomic E-state index is 0.439. The Morgan fingerprint density at radius 3 is 2.28 bits per heavy atom. The van der Waals surface area contributed by atoms with E-state index in [-0.39, 0.29) is 0 Å². The van der Waals surface area contributed by atoms with E-state index in [1.54, 1.807) is 0 Å². The summed E-state index contributed by atoms with van der Waals surface area (Å²) in [5.41, 5.74) is 0. The number of ether oxygens (including phenoxy) is 3. The highest BCUT2D eigenvalue weighted by molar-refractivity contribution is 4.71. The van der Waals surface area contributed by atoms with Crippen LogP contribution in [0.25, 0.3) is 0 Å². The second kappa shape index (κ2) is 10.7. The van der Waals surface area contributed by atoms with Crippen LogP contribution in [0.2, 0.25) is 0 Å². The zero-order valence-electron chi connectivity index (χ0n) is 12.0. The molecular weight excluding hydrogens is 230 g/mol. The van der Waals surface area contributed by atoms with E-state index < -0.39 is 0 Å². The van der Waals surface area contributed by atoms with Crippen molar-refractivity contribution < 1.29 is 14.2 Å². The maximum atomic E-state index is 5.82. The molecule has 0 unspecified atom stereocenters. The zero-order chi connectivity index (χ0) is 13.1. The number of likely N-dealkylation sites (tertiary alicyclic amines) is 1. The molecule has 1 aliphatic rings. The van der Waals surface area contributed by atoms with Gasteiger partial charge in [-0.05, 0) is 32.7 Å². The fourth-order valence-corrected chi connectivity index (χ4v) is 2.25. The molecule has 108 valence electrons. The van der Waals surface area contributed by atoms with Crippen LogP contribution in [0.5, 0.6) is 0 Å². The van der Waals surface area contributed by atoms with Crippen LogP contribution in [-0.2, 0) is 14.2 Å². The minimum absolute atomic E-state index is 0.439. The van der Waals surface area contributed by atoms with E-state index in [0.717, 1.165) is 6.61 Å². The maximum Gasteiger partial charge on any atom is 0.0704 e. The summed E-state index contributed by atoms with van der Waals surface area (Å²) >= 11 is 0. The van der Waals surface area contributed by atoms with Gasteiger partial charge in [-0.25, -0.2) is 0 Å². The molecule has 0 aliphatic carbocycles. The smallest absolute Gasteiger partial charge is 0.0704 e. The van der Waals surface area contributed by atoms with Gasteiger partial charge in [0.25, 0.3) is 0 Å². The topological polar surface area (TPSA) is 30.9 Å². The van der Waals surface area contributed by atoms with Crippen molar-refractivity contribution in [2.75, 3.05) is 52.7 Å². The van der Waals surface area contributed by atoms with Crippen molar-refractivity contribution in [2.45, 2.75) is 39.2 Å². The lowest BCUT2D eigenvalue weighted by Crippen LogP contribution is -2.37. The molecule has 1 saturated heterocycles. The van der Waals surface area contributed by atoms with Crippen molar-refractivity contribution >= 4 is 0 Å². The molecule has 0 bridgehead atoms. The normalized spacial score (nSPS) is 18.3. The molecule has 0 radical (unpaired) electrons. The van der Waals surface area contributed by atoms with Gasteiger partial charge >= 0.3 is 0 Å². The summed E-state index contributed by atoms with van der Waals surface area (Å²) in [6.07, 6.45) is 4.02. The maximum absolute atomic E-state index is 5.82. The molecule has 0 N–H and O–H groups in total. The van der Waals surface area contributed by atoms with Crippen LogP contribution >= 0.6 is 0 Å². The van der Waals surface area contributed by atoms with Gasteiger partial charge in [0, 0.05) is 19.7 Å². The van der Waals surface area contributed by atoms with E-state index in [2.05, 4.69) is 11.8 Å². The Morgan fingerprint density at radius 2 is 1.61 bits per heavy atom. The monoisotopic (exact) mass is 259 g/mol. The fraction of sp³-hybridized carbons (Fsp3) is 1.00. The predicted molar refractivity (Wildman–Crippen MR) is 73.0 cm³/mol. The van der Waals surface area contributed by atoms with Crippen molar-refractivity contribution in [3.05, 3.63) is 0 Å². The summed E-state index contributed by atoms with van der Waals surface area (Å²) < 4.78 is 16.4. The second-order valence-corrected chi connectivity index (χ2v) is 4.72. The second-order valence-electron chi connectivity index (χ2n) is 4.72. The van der Waals surface area contributed by atoms with Crippen LogP contribution in [-0.4, -0.2) is 63.7 Å². The average molecular weight is 259 g/mol. The number of hydrogen-bond donors (Lipinski definition) is 0. The summed E-state index contributed by atoms with van der Waals surface area (Å²) in [6, 6.07) is 0. The van der Waals surface area contributed by atoms with Crippen molar-refractivity contribution in [1.29, 1.82) is 0 Å². The molecule has 18 heavy (non-hydrogen) atoms. The third kappa shape index (κ3) is 7.31. The molecule has 0 aromatic heterocycles. The molecule has 1 heterocycles. The lowest BCUT2D eigenvalue weighted by molar-refractivity contribution is -0.0304. The first-order valence-electron chi connectivity index (χ1n) is 7.36. The minimum Gasteiger partial charge on any atom is -0.379 e. The van der Waals surface area contributed by atoms with Gasteiger partial charge in [-0.2, -0.15) is 0 Å². The van der Waals surface area contributed by atoms with Gasteiger partial charge in [-0.1, -0.05) is 6.92 Å². The van der Waals surface area contributed by atoms with Gasteiger partial charge in [-0.15, -0.1) is 0 Å². The Balaban J connectivity index is 1.88. The summed E-state index contributed by atoms with van der Waals surface area (Å²) in [4.78, 5) is 2.53. The van der Waals surface area contributed by atoms with E-state index in [1.165, 1.54) is 38.9 Å². The van der Waals surface area contributed by atoms with E-state index in [0.29, 0.717) is 32.5 Å². The van der Waals surface area contributed by atoms with Crippen LogP contribution in [0.4, 0.5) is 0 Å². The van der Waals surface area contributed by atoms with E-state index in [1.807, 2.05) is 6.92 Å². The summed E-state index contributed by atoms with van der Waals surface area (Å²) in [7, 11) is 0. The van der Waals surface area contributed by atoms with Gasteiger partial charge < -0.3 is 19.1 Å². The molecule has 1 rings (SSSR count). The molecule has 1 fully saturated rings. The van der Waals surface area contributed by atoms with Crippen LogP contribution in [0, 0.1) is 0 Å². The van der Waals surface area contributed by atoms with E-state index in [4.69, 9.17) is 14.2 Å². The molecule has 4 heteroatoms. The van der Waals surface area contributed by atoms with Crippen molar-refractivity contribution in [3.63, 3.8) is 0 Å². The highest BCUT2D eigenvalue weighted by Crippen LogP contribution is 2.13. The standard InChI is InChI=1S/C14H29NO3/c1-3-7-15-8-5-14(6-9-15)18-13-12-17-11-10-16-4-2/h14H,3-13H2,1-2H3. The number of nitrogens with zero attached hydrogens (tertiary/aromatic N) is 1. The van der Waals surface area contributed by atoms with E-state index >= 15 is 0 Å². The highest BCUT2D eigenvalue weighted by Gasteiger charge is 2.18. The quantitative estimate of drug-likeness (QED) is 0.561. The number of hydrogen-bond acceptors (Lipinski definition) is 4. The SMILES string of the molecule is CCCN1CCC(OCCOCCOCC)CC1. The highest BCUT2D eigenvalue weighted by atomic mass is 16.5. The summed E-state index contributed by atoms with van der Waals surface area (Å²) in [5, 5.41) is 0. The Labute approximate surface area is 112 Å². The molecule has 4 nitrogen and oxygen atoms in total. The van der Waals surface area contributed by atoms with Gasteiger partial charge in [0.2, 0.25) is 0 Å². The lowest BCUT2D eigenvalue weighted by atomic mass is 10.1. The van der Waals surface area contributed by atoms with Crippen LogP contribution in [0.3, 0.4) is 0 Å². The molecule has 0 saturated carbocycles. The molecule has 0 spiro atoms. The van der Waals surface area contributed by atoms with E-state index in [9.17, 15) is 0 Å². The Bertz CT molecular complexity index is 182. The Morgan fingerprint density at radius 1 is 0.944 bits per heavy atom. The van der Waals surface area contributed by atoms with Crippen molar-refractivity contribution in [2.24, 2.45) is 0 Å². The molecule has 0 atom stereocenters. The molecule has 0 aromatic carbocycles. The fourth-order valence-electron chi connectivity index (χ4n) is 2.25. The molecular formula is C14H29NO3. The van der Waals surface area contributed by atoms with Crippen molar-refractivity contribution in [3.8, 4) is 0 Å². The Hall–Kier alpha value is -0.160. The Kier molecular flexibility index (Phi) is 9.48. The first-order valence-corrected chi connectivity index (χ1v) is 7.36. The van der Waals surface area contributed by atoms with Crippen molar-refractivity contribution in [1.82, 2.24) is 4.90 Å². The van der Waals surface area contributed by atoms with Gasteiger partial charge in [0.15, 0.2) is 0 Å². The van der Waals surface area contributed by atoms with Crippen LogP contribution in [0.15, 0.2) is 0 Å².